The van der Waals surface area contributed by atoms with Crippen LogP contribution in [0.4, 0.5) is 0 Å². The first-order valence-electron chi connectivity index (χ1n) is 14.9. The van der Waals surface area contributed by atoms with Crippen LogP contribution < -0.4 is 37.3 Å². The van der Waals surface area contributed by atoms with Gasteiger partial charge < -0.3 is 19.2 Å². The fraction of sp³-hybridized carbons (Fsp3) is 0.533. The van der Waals surface area contributed by atoms with Crippen LogP contribution in [-0.2, 0) is 13.1 Å². The molecule has 0 aromatic heterocycles. The minimum Gasteiger partial charge on any atom is -0.507 e. The molecule has 0 spiro atoms. The Morgan fingerprint density at radius 3 is 1.04 bits per heavy atom. The summed E-state index contributed by atoms with van der Waals surface area (Å²) in [5.41, 5.74) is 3.91. The molecule has 0 radical (unpaired) electrons. The number of halogens is 2. The molecule has 2 N–H and O–H groups in total. The molecular weight excluding hydrogens is 647 g/mol. The third-order valence-corrected chi connectivity index (χ3v) is 8.06. The highest BCUT2D eigenvalue weighted by molar-refractivity contribution is 5.84. The zero-order valence-electron chi connectivity index (χ0n) is 27.4. The van der Waals surface area contributed by atoms with Gasteiger partial charge in [-0.15, -0.1) is 20.5 Å². The molecule has 0 aliphatic carbocycles. The number of hydrogen-bond donors (Lipinski definition) is 2. The van der Waals surface area contributed by atoms with Crippen molar-refractivity contribution in [3.63, 3.8) is 0 Å². The minimum atomic E-state index is -4.94. The zero-order chi connectivity index (χ0) is 35.6. The van der Waals surface area contributed by atoms with Crippen LogP contribution in [0.1, 0.15) is 63.8 Å². The maximum Gasteiger partial charge on any atom is 0.124 e. The van der Waals surface area contributed by atoms with E-state index in [0.29, 0.717) is 13.1 Å². The standard InChI is InChI=1S/C30H46N4O2.2ClHO4/c1-7-33(8-2,9-3)23-25-13-15-29(35)27(19-25)21-31-17-18-32-22-28-20-26(14-16-30(28)36)24-34(10-4,11-5)12-6;2*2-1(3,4)5/h13-16,19-22H,7-12,17-18,23-24H2,1-6H3;2*(H,2,3,4,5). The predicted molar refractivity (Wildman–Crippen MR) is 152 cm³/mol. The maximum atomic E-state index is 10.3. The van der Waals surface area contributed by atoms with E-state index in [0.717, 1.165) is 72.5 Å². The molecule has 2 aromatic rings. The molecule has 0 atom stereocenters. The molecule has 16 heteroatoms. The topological polar surface area (TPSA) is 250 Å². The third-order valence-electron chi connectivity index (χ3n) is 8.06. The fourth-order valence-electron chi connectivity index (χ4n) is 4.84. The van der Waals surface area contributed by atoms with E-state index in [1.165, 1.54) is 11.1 Å². The molecule has 46 heavy (non-hydrogen) atoms. The zero-order valence-corrected chi connectivity index (χ0v) is 28.9. The smallest absolute Gasteiger partial charge is 0.124 e. The van der Waals surface area contributed by atoms with Gasteiger partial charge in [0.1, 0.15) is 24.6 Å². The number of aliphatic imine (C=N–C) groups is 2. The van der Waals surface area contributed by atoms with Crippen LogP contribution in [-0.4, -0.2) is 84.0 Å². The van der Waals surface area contributed by atoms with Gasteiger partial charge in [0.25, 0.3) is 0 Å². The van der Waals surface area contributed by atoms with E-state index in [9.17, 15) is 10.2 Å². The highest BCUT2D eigenvalue weighted by Crippen LogP contribution is 2.22. The van der Waals surface area contributed by atoms with Gasteiger partial charge >= 0.3 is 0 Å². The lowest BCUT2D eigenvalue weighted by Gasteiger charge is -2.36. The number of nitrogens with zero attached hydrogens (tertiary/aromatic N) is 4. The molecule has 0 fully saturated rings. The number of hydrogen-bond acceptors (Lipinski definition) is 12. The van der Waals surface area contributed by atoms with Gasteiger partial charge in [-0.2, -0.15) is 0 Å². The van der Waals surface area contributed by atoms with Crippen LogP contribution in [0.15, 0.2) is 46.4 Å². The normalized spacial score (nSPS) is 12.6. The van der Waals surface area contributed by atoms with Gasteiger partial charge in [0.2, 0.25) is 0 Å². The van der Waals surface area contributed by atoms with E-state index in [4.69, 9.17) is 37.3 Å². The molecular formula is C30H48Cl2N4O10. The van der Waals surface area contributed by atoms with Crippen molar-refractivity contribution >= 4 is 12.4 Å². The fourth-order valence-corrected chi connectivity index (χ4v) is 4.84. The number of benzene rings is 2. The second kappa shape index (κ2) is 20.7. The molecule has 0 saturated heterocycles. The average Bonchev–Trinajstić information content (AvgIpc) is 2.97. The molecule has 2 aromatic carbocycles. The van der Waals surface area contributed by atoms with Crippen LogP contribution in [0, 0.1) is 20.5 Å². The van der Waals surface area contributed by atoms with E-state index in [-0.39, 0.29) is 11.5 Å². The van der Waals surface area contributed by atoms with Gasteiger partial charge in [-0.05, 0) is 77.9 Å². The molecule has 0 amide bonds. The molecule has 0 saturated carbocycles. The summed E-state index contributed by atoms with van der Waals surface area (Å²) in [4.78, 5) is 8.97. The minimum absolute atomic E-state index is 0.246. The second-order valence-corrected chi connectivity index (χ2v) is 12.0. The van der Waals surface area contributed by atoms with Gasteiger partial charge in [0.15, 0.2) is 0 Å². The average molecular weight is 696 g/mol. The molecule has 0 heterocycles. The summed E-state index contributed by atoms with van der Waals surface area (Å²) in [6.07, 6.45) is 3.48. The molecule has 0 aliphatic rings. The Balaban J connectivity index is 0.00000175. The Labute approximate surface area is 276 Å². The summed E-state index contributed by atoms with van der Waals surface area (Å²) in [6, 6.07) is 11.6. The first-order chi connectivity index (χ1) is 21.3. The highest BCUT2D eigenvalue weighted by Gasteiger charge is 2.22. The van der Waals surface area contributed by atoms with Crippen LogP contribution in [0.2, 0.25) is 0 Å². The lowest BCUT2D eigenvalue weighted by molar-refractivity contribution is -2.00. The van der Waals surface area contributed by atoms with Crippen molar-refractivity contribution in [1.82, 2.24) is 0 Å². The number of phenolic OH excluding ortho intramolecular Hbond substituents is 2. The summed E-state index contributed by atoms with van der Waals surface area (Å²) in [5.74, 6) is 0.493. The van der Waals surface area contributed by atoms with Gasteiger partial charge in [0, 0.05) is 34.7 Å². The van der Waals surface area contributed by atoms with E-state index in [2.05, 4.69) is 51.5 Å². The summed E-state index contributed by atoms with van der Waals surface area (Å²) >= 11 is 0. The molecule has 14 nitrogen and oxygen atoms in total. The van der Waals surface area contributed by atoms with Gasteiger partial charge in [-0.25, -0.2) is 37.3 Å². The largest absolute Gasteiger partial charge is 0.507 e. The summed E-state index contributed by atoms with van der Waals surface area (Å²) in [7, 11) is -9.89. The summed E-state index contributed by atoms with van der Waals surface area (Å²) < 4.78 is 70.0. The third kappa shape index (κ3) is 18.6. The van der Waals surface area contributed by atoms with Gasteiger partial charge in [-0.1, -0.05) is 0 Å². The number of quaternary nitrogens is 2. The highest BCUT2D eigenvalue weighted by atomic mass is 35.7. The van der Waals surface area contributed by atoms with Gasteiger partial charge in [-0.3, -0.25) is 9.98 Å². The maximum absolute atomic E-state index is 10.3. The Kier molecular flexibility index (Phi) is 19.6. The van der Waals surface area contributed by atoms with E-state index in [1.54, 1.807) is 24.6 Å². The lowest BCUT2D eigenvalue weighted by Crippen LogP contribution is -2.68. The first-order valence-corrected chi connectivity index (χ1v) is 17.3. The SMILES string of the molecule is CC[N+](CC)(CC)Cc1ccc(O)c(C=NCCN=Cc2cc(C[N+](CC)(CC)CC)ccc2O)c1.[O-][Cl+3]([O-])([O-])[O-].[O-][Cl+3]([O-])([O-])[O-]. The molecule has 0 unspecified atom stereocenters. The lowest BCUT2D eigenvalue weighted by atomic mass is 10.1. The van der Waals surface area contributed by atoms with E-state index < -0.39 is 20.5 Å². The summed E-state index contributed by atoms with van der Waals surface area (Å²) in [5, 5.41) is 20.6. The van der Waals surface area contributed by atoms with Crippen LogP contribution in [0.25, 0.3) is 0 Å². The van der Waals surface area contributed by atoms with Crippen molar-refractivity contribution in [3.05, 3.63) is 58.7 Å². The Morgan fingerprint density at radius 2 is 0.804 bits per heavy atom. The Bertz CT molecular complexity index is 1090. The number of phenols is 2. The van der Waals surface area contributed by atoms with Crippen molar-refractivity contribution in [3.8, 4) is 11.5 Å². The number of rotatable bonds is 15. The Morgan fingerprint density at radius 1 is 0.543 bits per heavy atom. The van der Waals surface area contributed by atoms with Crippen LogP contribution in [0.3, 0.4) is 0 Å². The molecule has 262 valence electrons. The molecule has 0 bridgehead atoms. The van der Waals surface area contributed by atoms with Crippen molar-refractivity contribution in [2.75, 3.05) is 52.4 Å². The Hall–Kier alpha value is -2.44. The van der Waals surface area contributed by atoms with Crippen molar-refractivity contribution in [2.24, 2.45) is 9.98 Å². The van der Waals surface area contributed by atoms with Crippen molar-refractivity contribution < 1.29 is 76.9 Å². The van der Waals surface area contributed by atoms with Gasteiger partial charge in [0.05, 0.1) is 52.4 Å². The monoisotopic (exact) mass is 694 g/mol. The summed E-state index contributed by atoms with van der Waals surface area (Å²) in [6.45, 7) is 22.9. The second-order valence-electron chi connectivity index (χ2n) is 10.5. The van der Waals surface area contributed by atoms with E-state index in [1.807, 2.05) is 24.3 Å². The van der Waals surface area contributed by atoms with Crippen LogP contribution in [0.5, 0.6) is 11.5 Å². The van der Waals surface area contributed by atoms with Crippen LogP contribution >= 0.6 is 0 Å². The molecule has 2 rings (SSSR count). The predicted octanol–water partition coefficient (Wildman–Crippen LogP) is -4.12. The number of aromatic hydroxyl groups is 2. The first kappa shape index (κ1) is 43.6. The van der Waals surface area contributed by atoms with Crippen molar-refractivity contribution in [1.29, 1.82) is 0 Å². The van der Waals surface area contributed by atoms with Crippen molar-refractivity contribution in [2.45, 2.75) is 54.6 Å². The van der Waals surface area contributed by atoms with E-state index >= 15 is 0 Å². The molecule has 0 aliphatic heterocycles. The quantitative estimate of drug-likeness (QED) is 0.103.